The van der Waals surface area contributed by atoms with Gasteiger partial charge in [-0.15, -0.1) is 11.3 Å². The number of aromatic nitrogens is 3. The number of hydrogen-bond acceptors (Lipinski definition) is 6. The average molecular weight is 457 g/mol. The Kier molecular flexibility index (Phi) is 5.73. The minimum absolute atomic E-state index is 0.622. The maximum absolute atomic E-state index is 6.70. The molecule has 0 unspecified atom stereocenters. The smallest absolute Gasteiger partial charge is 0.147 e. The van der Waals surface area contributed by atoms with E-state index in [1.165, 1.54) is 38.5 Å². The van der Waals surface area contributed by atoms with Crippen molar-refractivity contribution in [2.24, 2.45) is 5.41 Å². The van der Waals surface area contributed by atoms with Crippen molar-refractivity contribution in [3.8, 4) is 10.6 Å². The van der Waals surface area contributed by atoms with Crippen LogP contribution in [0.15, 0.2) is 45.9 Å². The van der Waals surface area contributed by atoms with Crippen LogP contribution in [0.25, 0.3) is 10.6 Å². The SMILES string of the molecule is Cc1csc(-c2cccc(Sc3cnc(N4CCC5(CCCC5)CC4)cn3)c2Cl)n1. The van der Waals surface area contributed by atoms with Crippen LogP contribution >= 0.6 is 34.7 Å². The molecule has 0 radical (unpaired) electrons. The predicted molar refractivity (Wildman–Crippen MR) is 126 cm³/mol. The van der Waals surface area contributed by atoms with Crippen molar-refractivity contribution in [3.63, 3.8) is 0 Å². The summed E-state index contributed by atoms with van der Waals surface area (Å²) in [7, 11) is 0. The molecule has 3 heterocycles. The van der Waals surface area contributed by atoms with E-state index in [4.69, 9.17) is 16.6 Å². The van der Waals surface area contributed by atoms with Gasteiger partial charge in [0.2, 0.25) is 0 Å². The second kappa shape index (κ2) is 8.48. The Bertz CT molecular complexity index is 1020. The van der Waals surface area contributed by atoms with Crippen LogP contribution < -0.4 is 4.90 Å². The summed E-state index contributed by atoms with van der Waals surface area (Å²) in [6.45, 7) is 4.20. The highest BCUT2D eigenvalue weighted by Gasteiger charge is 2.37. The van der Waals surface area contributed by atoms with Crippen LogP contribution in [0.3, 0.4) is 0 Å². The summed E-state index contributed by atoms with van der Waals surface area (Å²) >= 11 is 9.88. The van der Waals surface area contributed by atoms with Crippen molar-refractivity contribution in [2.75, 3.05) is 18.0 Å². The number of benzene rings is 1. The number of halogens is 1. The number of hydrogen-bond donors (Lipinski definition) is 0. The summed E-state index contributed by atoms with van der Waals surface area (Å²) in [5.74, 6) is 0.991. The molecule has 2 aliphatic rings. The lowest BCUT2D eigenvalue weighted by Crippen LogP contribution is -2.39. The minimum atomic E-state index is 0.622. The highest BCUT2D eigenvalue weighted by molar-refractivity contribution is 7.99. The first-order valence-electron chi connectivity index (χ1n) is 10.6. The lowest BCUT2D eigenvalue weighted by Gasteiger charge is -2.39. The van der Waals surface area contributed by atoms with Gasteiger partial charge in [0.25, 0.3) is 0 Å². The summed E-state index contributed by atoms with van der Waals surface area (Å²) < 4.78 is 0. The molecular weight excluding hydrogens is 432 g/mol. The number of anilines is 1. The van der Waals surface area contributed by atoms with Gasteiger partial charge in [0, 0.05) is 34.6 Å². The second-order valence-electron chi connectivity index (χ2n) is 8.42. The first kappa shape index (κ1) is 20.3. The lowest BCUT2D eigenvalue weighted by molar-refractivity contribution is 0.226. The van der Waals surface area contributed by atoms with E-state index in [1.54, 1.807) is 23.1 Å². The minimum Gasteiger partial charge on any atom is -0.355 e. The Hall–Kier alpha value is -1.63. The zero-order chi connectivity index (χ0) is 20.6. The lowest BCUT2D eigenvalue weighted by atomic mass is 9.77. The highest BCUT2D eigenvalue weighted by atomic mass is 35.5. The van der Waals surface area contributed by atoms with Gasteiger partial charge in [-0.05, 0) is 44.1 Å². The molecule has 0 atom stereocenters. The summed E-state index contributed by atoms with van der Waals surface area (Å²) in [5, 5.41) is 4.58. The summed E-state index contributed by atoms with van der Waals surface area (Å²) in [6.07, 6.45) is 12.0. The van der Waals surface area contributed by atoms with Gasteiger partial charge >= 0.3 is 0 Å². The predicted octanol–water partition coefficient (Wildman–Crippen LogP) is 6.87. The van der Waals surface area contributed by atoms with Crippen LogP contribution in [0.5, 0.6) is 0 Å². The van der Waals surface area contributed by atoms with Crippen LogP contribution in [0.1, 0.15) is 44.2 Å². The van der Waals surface area contributed by atoms with Crippen LogP contribution in [0.2, 0.25) is 5.02 Å². The molecule has 1 saturated heterocycles. The van der Waals surface area contributed by atoms with E-state index < -0.39 is 0 Å². The standard InChI is InChI=1S/C23H25ClN4S2/c1-16-15-29-22(27-16)17-5-4-6-18(21(17)24)30-20-14-25-19(13-26-20)28-11-9-23(10-12-28)7-2-3-8-23/h4-6,13-15H,2-3,7-12H2,1H3. The monoisotopic (exact) mass is 456 g/mol. The Labute approximate surface area is 191 Å². The van der Waals surface area contributed by atoms with Crippen molar-refractivity contribution in [1.29, 1.82) is 0 Å². The van der Waals surface area contributed by atoms with E-state index in [0.717, 1.165) is 50.1 Å². The number of nitrogens with zero attached hydrogens (tertiary/aromatic N) is 4. The summed E-state index contributed by atoms with van der Waals surface area (Å²) in [4.78, 5) is 17.3. The fourth-order valence-electron chi connectivity index (χ4n) is 4.71. The van der Waals surface area contributed by atoms with E-state index in [9.17, 15) is 0 Å². The largest absolute Gasteiger partial charge is 0.355 e. The molecule has 1 aliphatic heterocycles. The first-order valence-corrected chi connectivity index (χ1v) is 12.7. The Morgan fingerprint density at radius 2 is 1.87 bits per heavy atom. The Balaban J connectivity index is 1.28. The van der Waals surface area contributed by atoms with Gasteiger partial charge in [-0.1, -0.05) is 48.3 Å². The zero-order valence-corrected chi connectivity index (χ0v) is 19.5. The van der Waals surface area contributed by atoms with Crippen molar-refractivity contribution < 1.29 is 0 Å². The molecule has 1 saturated carbocycles. The normalized spacial score (nSPS) is 18.3. The molecule has 0 amide bonds. The van der Waals surface area contributed by atoms with Crippen LogP contribution in [0.4, 0.5) is 5.82 Å². The molecular formula is C23H25ClN4S2. The fraction of sp³-hybridized carbons (Fsp3) is 0.435. The molecule has 4 nitrogen and oxygen atoms in total. The van der Waals surface area contributed by atoms with Gasteiger partial charge in [-0.25, -0.2) is 15.0 Å². The van der Waals surface area contributed by atoms with Gasteiger partial charge in [0.1, 0.15) is 15.9 Å². The molecule has 1 aromatic carbocycles. The van der Waals surface area contributed by atoms with Crippen LogP contribution in [-0.4, -0.2) is 28.0 Å². The highest BCUT2D eigenvalue weighted by Crippen LogP contribution is 2.46. The number of piperidine rings is 1. The molecule has 0 bridgehead atoms. The maximum Gasteiger partial charge on any atom is 0.147 e. The molecule has 2 aromatic heterocycles. The Morgan fingerprint density at radius 3 is 2.53 bits per heavy atom. The fourth-order valence-corrected chi connectivity index (χ4v) is 6.70. The van der Waals surface area contributed by atoms with Gasteiger partial charge in [-0.2, -0.15) is 0 Å². The number of aryl methyl sites for hydroxylation is 1. The van der Waals surface area contributed by atoms with Crippen molar-refractivity contribution in [2.45, 2.75) is 55.4 Å². The molecule has 30 heavy (non-hydrogen) atoms. The van der Waals surface area contributed by atoms with Gasteiger partial charge in [0.15, 0.2) is 0 Å². The third-order valence-electron chi connectivity index (χ3n) is 6.45. The zero-order valence-electron chi connectivity index (χ0n) is 17.1. The number of rotatable bonds is 4. The molecule has 1 spiro atoms. The third-order valence-corrected chi connectivity index (χ3v) is 8.95. The van der Waals surface area contributed by atoms with E-state index in [-0.39, 0.29) is 0 Å². The quantitative estimate of drug-likeness (QED) is 0.428. The first-order chi connectivity index (χ1) is 14.6. The van der Waals surface area contributed by atoms with E-state index in [2.05, 4.69) is 14.9 Å². The molecule has 5 rings (SSSR count). The number of thiazole rings is 1. The maximum atomic E-state index is 6.70. The third kappa shape index (κ3) is 4.10. The van der Waals surface area contributed by atoms with Crippen molar-refractivity contribution in [1.82, 2.24) is 15.0 Å². The van der Waals surface area contributed by atoms with Gasteiger partial charge < -0.3 is 4.90 Å². The van der Waals surface area contributed by atoms with E-state index in [1.807, 2.05) is 42.9 Å². The summed E-state index contributed by atoms with van der Waals surface area (Å²) in [5.41, 5.74) is 2.61. The molecule has 156 valence electrons. The molecule has 3 aromatic rings. The topological polar surface area (TPSA) is 41.9 Å². The van der Waals surface area contributed by atoms with Crippen molar-refractivity contribution in [3.05, 3.63) is 46.7 Å². The van der Waals surface area contributed by atoms with Crippen LogP contribution in [-0.2, 0) is 0 Å². The van der Waals surface area contributed by atoms with Crippen molar-refractivity contribution >= 4 is 40.5 Å². The molecule has 1 aliphatic carbocycles. The Morgan fingerprint density at radius 1 is 1.07 bits per heavy atom. The molecule has 7 heteroatoms. The van der Waals surface area contributed by atoms with E-state index >= 15 is 0 Å². The summed E-state index contributed by atoms with van der Waals surface area (Å²) in [6, 6.07) is 6.07. The second-order valence-corrected chi connectivity index (χ2v) is 10.7. The molecule has 0 N–H and O–H groups in total. The van der Waals surface area contributed by atoms with Crippen LogP contribution in [0, 0.1) is 12.3 Å². The average Bonchev–Trinajstić information content (AvgIpc) is 3.40. The van der Waals surface area contributed by atoms with Gasteiger partial charge in [-0.3, -0.25) is 0 Å². The molecule has 2 fully saturated rings. The van der Waals surface area contributed by atoms with Gasteiger partial charge in [0.05, 0.1) is 17.4 Å². The van der Waals surface area contributed by atoms with E-state index in [0.29, 0.717) is 5.41 Å².